The van der Waals surface area contributed by atoms with E-state index < -0.39 is 34.6 Å². The number of hydrogen-bond donors (Lipinski definition) is 2. The van der Waals surface area contributed by atoms with E-state index in [1.54, 1.807) is 6.92 Å². The molecule has 0 saturated heterocycles. The number of carbonyl (C=O) groups excluding carboxylic acids is 1. The second-order valence-electron chi connectivity index (χ2n) is 7.05. The third-order valence-electron chi connectivity index (χ3n) is 5.19. The molecule has 1 aliphatic rings. The summed E-state index contributed by atoms with van der Waals surface area (Å²) in [5.74, 6) is -2.51. The summed E-state index contributed by atoms with van der Waals surface area (Å²) in [6.45, 7) is 1.70. The van der Waals surface area contributed by atoms with Crippen LogP contribution in [0.2, 0.25) is 0 Å². The van der Waals surface area contributed by atoms with E-state index in [-0.39, 0.29) is 22.2 Å². The average Bonchev–Trinajstić information content (AvgIpc) is 3.52. The molecule has 2 heterocycles. The quantitative estimate of drug-likeness (QED) is 0.705. The number of aromatic amines is 1. The van der Waals surface area contributed by atoms with Crippen molar-refractivity contribution in [1.29, 1.82) is 5.26 Å². The standard InChI is InChI=1S/C20H15F2N5O2/c1-10(16-9-24-11(7-23)8-25-16)26-19(29)20(4-5-20)13-6-12-15(27-18(13)28)3-2-14(21)17(12)22/h2-3,6,8-10H,4-5H2,1H3,(H,26,29)(H,27,28)/t10-/m0/s1. The van der Waals surface area contributed by atoms with Gasteiger partial charge in [-0.1, -0.05) is 0 Å². The molecule has 1 atom stereocenters. The van der Waals surface area contributed by atoms with Gasteiger partial charge in [-0.25, -0.2) is 13.8 Å². The molecule has 0 radical (unpaired) electrons. The minimum absolute atomic E-state index is 0.0790. The summed E-state index contributed by atoms with van der Waals surface area (Å²) in [4.78, 5) is 36.0. The van der Waals surface area contributed by atoms with Gasteiger partial charge in [0.15, 0.2) is 17.3 Å². The third-order valence-corrected chi connectivity index (χ3v) is 5.19. The number of benzene rings is 1. The Hall–Kier alpha value is -3.67. The number of fused-ring (bicyclic) bond motifs is 1. The molecule has 2 N–H and O–H groups in total. The zero-order valence-electron chi connectivity index (χ0n) is 15.3. The molecule has 3 aromatic rings. The van der Waals surface area contributed by atoms with Crippen LogP contribution >= 0.6 is 0 Å². The van der Waals surface area contributed by atoms with E-state index in [0.29, 0.717) is 18.5 Å². The molecule has 9 heteroatoms. The Kier molecular flexibility index (Phi) is 4.34. The molecule has 146 valence electrons. The highest BCUT2D eigenvalue weighted by molar-refractivity contribution is 5.93. The largest absolute Gasteiger partial charge is 0.347 e. The number of nitrogens with one attached hydrogen (secondary N) is 2. The molecule has 1 aliphatic carbocycles. The Labute approximate surface area is 163 Å². The molecule has 7 nitrogen and oxygen atoms in total. The lowest BCUT2D eigenvalue weighted by Crippen LogP contribution is -2.39. The van der Waals surface area contributed by atoms with Gasteiger partial charge in [0.25, 0.3) is 5.56 Å². The number of pyridine rings is 1. The van der Waals surface area contributed by atoms with Gasteiger partial charge in [0, 0.05) is 10.9 Å². The normalized spacial score (nSPS) is 15.5. The van der Waals surface area contributed by atoms with Gasteiger partial charge in [-0.15, -0.1) is 0 Å². The zero-order valence-corrected chi connectivity index (χ0v) is 15.3. The van der Waals surface area contributed by atoms with Crippen LogP contribution in [-0.2, 0) is 10.2 Å². The molecule has 1 saturated carbocycles. The van der Waals surface area contributed by atoms with Gasteiger partial charge in [-0.05, 0) is 38.0 Å². The Morgan fingerprint density at radius 2 is 2.07 bits per heavy atom. The van der Waals surface area contributed by atoms with Gasteiger partial charge < -0.3 is 10.3 Å². The summed E-state index contributed by atoms with van der Waals surface area (Å²) < 4.78 is 27.8. The molecule has 0 bridgehead atoms. The van der Waals surface area contributed by atoms with Crippen LogP contribution in [0.5, 0.6) is 0 Å². The molecule has 29 heavy (non-hydrogen) atoms. The van der Waals surface area contributed by atoms with Crippen LogP contribution in [0.3, 0.4) is 0 Å². The first-order valence-electron chi connectivity index (χ1n) is 8.90. The summed E-state index contributed by atoms with van der Waals surface area (Å²) >= 11 is 0. The number of halogens is 2. The summed E-state index contributed by atoms with van der Waals surface area (Å²) in [6, 6.07) is 4.82. The maximum atomic E-state index is 14.2. The van der Waals surface area contributed by atoms with Crippen molar-refractivity contribution in [3.8, 4) is 6.07 Å². The van der Waals surface area contributed by atoms with Crippen molar-refractivity contribution in [2.75, 3.05) is 0 Å². The molecule has 1 fully saturated rings. The minimum atomic E-state index is -1.10. The lowest BCUT2D eigenvalue weighted by molar-refractivity contribution is -0.124. The third kappa shape index (κ3) is 3.12. The van der Waals surface area contributed by atoms with Gasteiger partial charge in [0.2, 0.25) is 5.91 Å². The fourth-order valence-electron chi connectivity index (χ4n) is 3.34. The van der Waals surface area contributed by atoms with Gasteiger partial charge in [-0.3, -0.25) is 14.6 Å². The monoisotopic (exact) mass is 395 g/mol. The fourth-order valence-corrected chi connectivity index (χ4v) is 3.34. The molecular formula is C20H15F2N5O2. The number of hydrogen-bond acceptors (Lipinski definition) is 5. The van der Waals surface area contributed by atoms with Gasteiger partial charge in [0.1, 0.15) is 6.07 Å². The van der Waals surface area contributed by atoms with E-state index in [9.17, 15) is 18.4 Å². The molecule has 4 rings (SSSR count). The molecular weight excluding hydrogens is 380 g/mol. The van der Waals surface area contributed by atoms with Crippen molar-refractivity contribution < 1.29 is 13.6 Å². The molecule has 1 aromatic carbocycles. The topological polar surface area (TPSA) is 112 Å². The van der Waals surface area contributed by atoms with Crippen LogP contribution in [0.4, 0.5) is 8.78 Å². The molecule has 0 spiro atoms. The number of H-pyrrole nitrogens is 1. The van der Waals surface area contributed by atoms with E-state index >= 15 is 0 Å². The van der Waals surface area contributed by atoms with Crippen LogP contribution in [0.25, 0.3) is 10.9 Å². The lowest BCUT2D eigenvalue weighted by Gasteiger charge is -2.19. The minimum Gasteiger partial charge on any atom is -0.347 e. The Morgan fingerprint density at radius 1 is 1.31 bits per heavy atom. The average molecular weight is 395 g/mol. The van der Waals surface area contributed by atoms with Crippen molar-refractivity contribution in [3.63, 3.8) is 0 Å². The predicted octanol–water partition coefficient (Wildman–Crippen LogP) is 2.38. The van der Waals surface area contributed by atoms with E-state index in [0.717, 1.165) is 6.07 Å². The smallest absolute Gasteiger partial charge is 0.252 e. The van der Waals surface area contributed by atoms with Crippen LogP contribution in [0.1, 0.15) is 42.8 Å². The fraction of sp³-hybridized carbons (Fsp3) is 0.250. The second kappa shape index (κ2) is 6.74. The first kappa shape index (κ1) is 18.7. The number of nitriles is 1. The van der Waals surface area contributed by atoms with Gasteiger partial charge >= 0.3 is 0 Å². The van der Waals surface area contributed by atoms with E-state index in [1.807, 2.05) is 6.07 Å². The van der Waals surface area contributed by atoms with Crippen LogP contribution in [-0.4, -0.2) is 20.9 Å². The Bertz CT molecular complexity index is 1230. The van der Waals surface area contributed by atoms with Gasteiger partial charge in [-0.2, -0.15) is 5.26 Å². The molecule has 2 aromatic heterocycles. The number of carbonyl (C=O) groups is 1. The van der Waals surface area contributed by atoms with Crippen molar-refractivity contribution >= 4 is 16.8 Å². The Morgan fingerprint density at radius 3 is 2.69 bits per heavy atom. The summed E-state index contributed by atoms with van der Waals surface area (Å²) in [5.41, 5.74) is -0.742. The Balaban J connectivity index is 1.65. The first-order chi connectivity index (χ1) is 13.9. The number of aromatic nitrogens is 3. The number of nitrogens with zero attached hydrogens (tertiary/aromatic N) is 3. The SMILES string of the molecule is C[C@H](NC(=O)C1(c2cc3c(F)c(F)ccc3[nH]c2=O)CC1)c1cnc(C#N)cn1. The van der Waals surface area contributed by atoms with Crippen molar-refractivity contribution in [2.45, 2.75) is 31.2 Å². The highest BCUT2D eigenvalue weighted by Gasteiger charge is 2.53. The molecule has 1 amide bonds. The van der Waals surface area contributed by atoms with E-state index in [4.69, 9.17) is 5.26 Å². The molecule has 0 unspecified atom stereocenters. The summed E-state index contributed by atoms with van der Waals surface area (Å²) in [6.07, 6.45) is 3.52. The second-order valence-corrected chi connectivity index (χ2v) is 7.05. The number of amides is 1. The van der Waals surface area contributed by atoms with Crippen LogP contribution in [0, 0.1) is 23.0 Å². The predicted molar refractivity (Wildman–Crippen MR) is 98.7 cm³/mol. The highest BCUT2D eigenvalue weighted by Crippen LogP contribution is 2.48. The maximum absolute atomic E-state index is 14.2. The lowest BCUT2D eigenvalue weighted by atomic mass is 9.94. The van der Waals surface area contributed by atoms with Crippen LogP contribution < -0.4 is 10.9 Å². The van der Waals surface area contributed by atoms with Crippen molar-refractivity contribution in [3.05, 3.63) is 69.5 Å². The zero-order chi connectivity index (χ0) is 20.8. The molecule has 0 aliphatic heterocycles. The van der Waals surface area contributed by atoms with Crippen LogP contribution in [0.15, 0.2) is 35.4 Å². The maximum Gasteiger partial charge on any atom is 0.252 e. The van der Waals surface area contributed by atoms with Crippen molar-refractivity contribution in [2.24, 2.45) is 0 Å². The summed E-state index contributed by atoms with van der Waals surface area (Å²) in [7, 11) is 0. The van der Waals surface area contributed by atoms with Gasteiger partial charge in [0.05, 0.1) is 35.1 Å². The van der Waals surface area contributed by atoms with E-state index in [1.165, 1.54) is 24.5 Å². The van der Waals surface area contributed by atoms with Crippen molar-refractivity contribution in [1.82, 2.24) is 20.3 Å². The summed E-state index contributed by atoms with van der Waals surface area (Å²) in [5, 5.41) is 11.5. The number of rotatable bonds is 4. The first-order valence-corrected chi connectivity index (χ1v) is 8.90. The van der Waals surface area contributed by atoms with E-state index in [2.05, 4.69) is 20.3 Å². The highest BCUT2D eigenvalue weighted by atomic mass is 19.2.